The lowest BCUT2D eigenvalue weighted by Gasteiger charge is -2.04. The Bertz CT molecular complexity index is 1210. The summed E-state index contributed by atoms with van der Waals surface area (Å²) in [6.07, 6.45) is 23.1. The molecule has 2 aromatic heterocycles. The van der Waals surface area contributed by atoms with E-state index in [4.69, 9.17) is 0 Å². The molecule has 0 amide bonds. The molecule has 0 aliphatic heterocycles. The Morgan fingerprint density at radius 3 is 1.45 bits per heavy atom. The van der Waals surface area contributed by atoms with Gasteiger partial charge in [-0.3, -0.25) is 4.98 Å². The van der Waals surface area contributed by atoms with Crippen molar-refractivity contribution in [1.82, 2.24) is 4.98 Å². The van der Waals surface area contributed by atoms with Crippen LogP contribution >= 0.6 is 32.9 Å². The molecule has 0 aliphatic rings. The number of nitrogens with zero attached hydrogens (tertiary/aromatic N) is 2. The van der Waals surface area contributed by atoms with Crippen molar-refractivity contribution in [2.45, 2.75) is 111 Å². The second-order valence-corrected chi connectivity index (χ2v) is 12.4. The molecule has 2 heterocycles. The van der Waals surface area contributed by atoms with Crippen molar-refractivity contribution < 1.29 is 4.57 Å². The first kappa shape index (κ1) is 39.7. The van der Waals surface area contributed by atoms with Gasteiger partial charge in [-0.15, -0.1) is 17.0 Å². The number of alkyl halides is 1. The number of pyridine rings is 2. The lowest BCUT2D eigenvalue weighted by atomic mass is 10.0. The maximum absolute atomic E-state index is 3.88. The monoisotopic (exact) mass is 723 g/mol. The molecule has 0 unspecified atom stereocenters. The zero-order valence-electron chi connectivity index (χ0n) is 27.8. The molecule has 240 valence electrons. The number of rotatable bonds is 15. The minimum Gasteiger partial charge on any atom is -0.264 e. The highest BCUT2D eigenvalue weighted by molar-refractivity contribution is 9.09. The largest absolute Gasteiger partial charge is 0.264 e. The maximum atomic E-state index is 3.88. The van der Waals surface area contributed by atoms with E-state index in [0.717, 1.165) is 11.9 Å². The molecule has 0 saturated heterocycles. The Balaban J connectivity index is 0.000000366. The summed E-state index contributed by atoms with van der Waals surface area (Å²) in [5.74, 6) is 0. The Hall–Kier alpha value is -2.30. The molecule has 0 bridgehead atoms. The van der Waals surface area contributed by atoms with E-state index in [-0.39, 0.29) is 17.0 Å². The lowest BCUT2D eigenvalue weighted by Crippen LogP contribution is -2.32. The van der Waals surface area contributed by atoms with Crippen LogP contribution in [-0.2, 0) is 32.2 Å². The van der Waals surface area contributed by atoms with Gasteiger partial charge in [-0.2, -0.15) is 0 Å². The first-order valence-electron chi connectivity index (χ1n) is 16.6. The topological polar surface area (TPSA) is 16.8 Å². The molecule has 0 spiro atoms. The van der Waals surface area contributed by atoms with Gasteiger partial charge in [0.25, 0.3) is 0 Å². The van der Waals surface area contributed by atoms with E-state index in [9.17, 15) is 0 Å². The van der Waals surface area contributed by atoms with Crippen LogP contribution in [0.3, 0.4) is 0 Å². The summed E-state index contributed by atoms with van der Waals surface area (Å²) in [7, 11) is 0. The van der Waals surface area contributed by atoms with Crippen molar-refractivity contribution >= 4 is 32.9 Å². The highest BCUT2D eigenvalue weighted by Gasteiger charge is 2.01. The predicted octanol–water partition coefficient (Wildman–Crippen LogP) is 11.4. The van der Waals surface area contributed by atoms with Crippen LogP contribution in [0.25, 0.3) is 0 Å². The zero-order valence-corrected chi connectivity index (χ0v) is 31.1. The number of halogens is 2. The summed E-state index contributed by atoms with van der Waals surface area (Å²) in [5, 5.41) is 1.13. The third-order valence-corrected chi connectivity index (χ3v) is 8.04. The van der Waals surface area contributed by atoms with E-state index in [1.165, 1.54) is 110 Å². The summed E-state index contributed by atoms with van der Waals surface area (Å²) in [6, 6.07) is 26.6. The fourth-order valence-corrected chi connectivity index (χ4v) is 5.19. The van der Waals surface area contributed by atoms with Crippen LogP contribution in [0.15, 0.2) is 97.6 Å². The molecule has 0 N–H and O–H groups in total. The molecule has 2 nitrogen and oxygen atoms in total. The highest BCUT2D eigenvalue weighted by atomic mass is 79.9. The van der Waals surface area contributed by atoms with Crippen molar-refractivity contribution in [2.24, 2.45) is 0 Å². The van der Waals surface area contributed by atoms with Crippen LogP contribution in [0.2, 0.25) is 0 Å². The normalized spacial score (nSPS) is 10.1. The fourth-order valence-electron chi connectivity index (χ4n) is 4.79. The van der Waals surface area contributed by atoms with Crippen LogP contribution < -0.4 is 4.57 Å². The number of hydrogen-bond donors (Lipinski definition) is 0. The minimum atomic E-state index is 0. The Kier molecular flexibility index (Phi) is 23.4. The minimum absolute atomic E-state index is 0. The number of unbranched alkanes of at least 4 members (excludes halogenated alkanes) is 4. The molecular formula is C40H57Br2N2+. The Morgan fingerprint density at radius 2 is 1.07 bits per heavy atom. The molecule has 0 fully saturated rings. The summed E-state index contributed by atoms with van der Waals surface area (Å²) in [5.41, 5.74) is 8.47. The molecular weight excluding hydrogens is 668 g/mol. The van der Waals surface area contributed by atoms with Crippen LogP contribution in [0.5, 0.6) is 0 Å². The van der Waals surface area contributed by atoms with Gasteiger partial charge >= 0.3 is 0 Å². The fraction of sp³-hybridized carbons (Fsp3) is 0.450. The average Bonchev–Trinajstić information content (AvgIpc) is 3.03. The average molecular weight is 726 g/mol. The Labute approximate surface area is 288 Å². The molecule has 44 heavy (non-hydrogen) atoms. The molecule has 2 aromatic carbocycles. The SMILES string of the molecule is Br.CCCCc1ccc(CCCCBr)cc1.CCCCc1ccc(CCCC[n+]2cccc(C)c2)cc1.Cc1cccnc1. The molecule has 0 saturated carbocycles. The quantitative estimate of drug-likeness (QED) is 0.0677. The third-order valence-electron chi connectivity index (χ3n) is 7.48. The lowest BCUT2D eigenvalue weighted by molar-refractivity contribution is -0.697. The standard InChI is InChI=1S/C20H28N.C14H21Br.C6H7N.BrH/c1-3-4-9-19-11-13-20(14-12-19)10-5-6-15-21-16-7-8-18(2)17-21;1-2-3-6-13-8-10-14(11-9-13)7-4-5-12-15;1-6-3-2-4-7-5-6;/h7-8,11-14,16-17H,3-6,9-10,15H2,1-2H3;8-11H,2-7,12H2,1H3;2-5H,1H3;1H/q+1;;;. The third kappa shape index (κ3) is 19.2. The van der Waals surface area contributed by atoms with Crippen LogP contribution in [0.4, 0.5) is 0 Å². The van der Waals surface area contributed by atoms with Crippen molar-refractivity contribution in [1.29, 1.82) is 0 Å². The highest BCUT2D eigenvalue weighted by Crippen LogP contribution is 2.12. The maximum Gasteiger partial charge on any atom is 0.171 e. The van der Waals surface area contributed by atoms with Gasteiger partial charge in [0.05, 0.1) is 0 Å². The number of aromatic nitrogens is 2. The summed E-state index contributed by atoms with van der Waals surface area (Å²) in [4.78, 5) is 3.88. The van der Waals surface area contributed by atoms with Crippen molar-refractivity contribution in [3.63, 3.8) is 0 Å². The molecule has 0 aliphatic carbocycles. The van der Waals surface area contributed by atoms with E-state index in [1.807, 2.05) is 25.3 Å². The second kappa shape index (κ2) is 26.0. The summed E-state index contributed by atoms with van der Waals surface area (Å²) < 4.78 is 2.29. The smallest absolute Gasteiger partial charge is 0.171 e. The van der Waals surface area contributed by atoms with Crippen LogP contribution in [0, 0.1) is 13.8 Å². The predicted molar refractivity (Wildman–Crippen MR) is 200 cm³/mol. The van der Waals surface area contributed by atoms with E-state index < -0.39 is 0 Å². The number of aryl methyl sites for hydroxylation is 7. The number of hydrogen-bond acceptors (Lipinski definition) is 1. The molecule has 4 rings (SSSR count). The summed E-state index contributed by atoms with van der Waals surface area (Å²) in [6.45, 7) is 9.79. The zero-order chi connectivity index (χ0) is 31.0. The van der Waals surface area contributed by atoms with Crippen molar-refractivity contribution in [3.8, 4) is 0 Å². The van der Waals surface area contributed by atoms with Gasteiger partial charge in [0.1, 0.15) is 6.54 Å². The molecule has 0 radical (unpaired) electrons. The van der Waals surface area contributed by atoms with Gasteiger partial charge in [0, 0.05) is 35.8 Å². The second-order valence-electron chi connectivity index (χ2n) is 11.6. The van der Waals surface area contributed by atoms with E-state index >= 15 is 0 Å². The van der Waals surface area contributed by atoms with Crippen molar-refractivity contribution in [3.05, 3.63) is 131 Å². The number of benzene rings is 2. The van der Waals surface area contributed by atoms with E-state index in [0.29, 0.717) is 0 Å². The van der Waals surface area contributed by atoms with Gasteiger partial charge < -0.3 is 0 Å². The van der Waals surface area contributed by atoms with E-state index in [2.05, 4.69) is 119 Å². The van der Waals surface area contributed by atoms with Gasteiger partial charge in [0.15, 0.2) is 12.4 Å². The van der Waals surface area contributed by atoms with Gasteiger partial charge in [-0.05, 0) is 112 Å². The van der Waals surface area contributed by atoms with Gasteiger partial charge in [-0.1, -0.05) is 97.2 Å². The Morgan fingerprint density at radius 1 is 0.591 bits per heavy atom. The summed E-state index contributed by atoms with van der Waals surface area (Å²) >= 11 is 3.46. The first-order valence-corrected chi connectivity index (χ1v) is 17.7. The van der Waals surface area contributed by atoms with Crippen LogP contribution in [0.1, 0.15) is 98.6 Å². The molecule has 4 aromatic rings. The first-order chi connectivity index (χ1) is 21.0. The molecule has 4 heteroatoms. The molecule has 0 atom stereocenters. The van der Waals surface area contributed by atoms with Gasteiger partial charge in [0.2, 0.25) is 0 Å². The van der Waals surface area contributed by atoms with Gasteiger partial charge in [-0.25, -0.2) is 4.57 Å². The van der Waals surface area contributed by atoms with Crippen molar-refractivity contribution in [2.75, 3.05) is 5.33 Å². The van der Waals surface area contributed by atoms with Crippen LogP contribution in [-0.4, -0.2) is 10.3 Å². The van der Waals surface area contributed by atoms with E-state index in [1.54, 1.807) is 6.20 Å².